The predicted octanol–water partition coefficient (Wildman–Crippen LogP) is 1.72. The van der Waals surface area contributed by atoms with Gasteiger partial charge in [-0.1, -0.05) is 18.2 Å². The molecule has 0 aliphatic carbocycles. The normalized spacial score (nSPS) is 19.7. The minimum atomic E-state index is -3.52. The van der Waals surface area contributed by atoms with Gasteiger partial charge in [0.2, 0.25) is 15.0 Å². The molecule has 1 saturated heterocycles. The maximum absolute atomic E-state index is 12.4. The number of likely N-dealkylation sites (tertiary alicyclic amines) is 1. The number of likely N-dealkylation sites (N-methyl/N-ethyl adjacent to an activating group) is 1. The van der Waals surface area contributed by atoms with Gasteiger partial charge in [0.05, 0.1) is 5.69 Å². The van der Waals surface area contributed by atoms with Crippen LogP contribution in [0.3, 0.4) is 0 Å². The van der Waals surface area contributed by atoms with Crippen LogP contribution < -0.4 is 0 Å². The number of thiazole rings is 1. The number of nitrogens with zero attached hydrogens (tertiary/aromatic N) is 4. The second-order valence-corrected chi connectivity index (χ2v) is 9.72. The van der Waals surface area contributed by atoms with Crippen molar-refractivity contribution in [1.29, 1.82) is 0 Å². The fourth-order valence-corrected chi connectivity index (χ4v) is 4.53. The van der Waals surface area contributed by atoms with E-state index >= 15 is 0 Å². The lowest BCUT2D eigenvalue weighted by Gasteiger charge is -2.21. The van der Waals surface area contributed by atoms with Crippen molar-refractivity contribution in [1.82, 2.24) is 19.9 Å². The number of aromatic nitrogens is 3. The van der Waals surface area contributed by atoms with E-state index in [2.05, 4.69) is 15.0 Å². The average molecular weight is 431 g/mol. The van der Waals surface area contributed by atoms with Gasteiger partial charge in [0.1, 0.15) is 10.7 Å². The number of aliphatic hydroxyl groups is 1. The smallest absolute Gasteiger partial charge is 0.258 e. The van der Waals surface area contributed by atoms with Crippen molar-refractivity contribution in [2.45, 2.75) is 17.2 Å². The van der Waals surface area contributed by atoms with E-state index in [0.29, 0.717) is 34.9 Å². The summed E-state index contributed by atoms with van der Waals surface area (Å²) in [6, 6.07) is 8.72. The van der Waals surface area contributed by atoms with Crippen molar-refractivity contribution in [3.63, 3.8) is 0 Å². The van der Waals surface area contributed by atoms with Gasteiger partial charge in [-0.05, 0) is 17.7 Å². The molecule has 3 heterocycles. The second-order valence-electron chi connectivity index (χ2n) is 6.95. The fourth-order valence-electron chi connectivity index (χ4n) is 3.22. The third-order valence-corrected chi connectivity index (χ3v) is 6.56. The lowest BCUT2D eigenvalue weighted by atomic mass is 9.90. The maximum Gasteiger partial charge on any atom is 0.258 e. The maximum atomic E-state index is 12.4. The molecule has 4 rings (SSSR count). The highest BCUT2D eigenvalue weighted by Gasteiger charge is 2.45. The first-order chi connectivity index (χ1) is 13.7. The summed E-state index contributed by atoms with van der Waals surface area (Å²) in [5, 5.41) is 13.0. The zero-order valence-electron chi connectivity index (χ0n) is 15.7. The first kappa shape index (κ1) is 19.6. The van der Waals surface area contributed by atoms with Gasteiger partial charge < -0.3 is 10.0 Å². The van der Waals surface area contributed by atoms with Gasteiger partial charge in [-0.25, -0.2) is 23.4 Å². The Labute approximate surface area is 171 Å². The Hall–Kier alpha value is -2.69. The minimum Gasteiger partial charge on any atom is -0.375 e. The minimum absolute atomic E-state index is 0.250. The Morgan fingerprint density at radius 1 is 1.21 bits per heavy atom. The first-order valence-electron chi connectivity index (χ1n) is 8.76. The van der Waals surface area contributed by atoms with Crippen LogP contribution in [0.15, 0.2) is 47.1 Å². The average Bonchev–Trinajstić information content (AvgIpc) is 3.30. The van der Waals surface area contributed by atoms with Gasteiger partial charge in [0.25, 0.3) is 5.91 Å². The van der Waals surface area contributed by atoms with Crippen LogP contribution in [-0.4, -0.2) is 59.1 Å². The van der Waals surface area contributed by atoms with Crippen LogP contribution in [0.2, 0.25) is 0 Å². The third kappa shape index (κ3) is 3.54. The van der Waals surface area contributed by atoms with Crippen LogP contribution in [0.5, 0.6) is 0 Å². The number of hydrogen-bond acceptors (Lipinski definition) is 8. The zero-order chi connectivity index (χ0) is 20.8. The van der Waals surface area contributed by atoms with Crippen molar-refractivity contribution in [2.75, 3.05) is 19.8 Å². The molecule has 1 N–H and O–H groups in total. The van der Waals surface area contributed by atoms with Crippen molar-refractivity contribution in [3.05, 3.63) is 47.5 Å². The van der Waals surface area contributed by atoms with Crippen molar-refractivity contribution in [3.8, 4) is 22.0 Å². The zero-order valence-corrected chi connectivity index (χ0v) is 17.4. The number of carbonyl (C=O) groups is 1. The van der Waals surface area contributed by atoms with Crippen LogP contribution in [0.25, 0.3) is 22.0 Å². The quantitative estimate of drug-likeness (QED) is 0.627. The Morgan fingerprint density at radius 2 is 2.00 bits per heavy atom. The Morgan fingerprint density at radius 3 is 2.69 bits per heavy atom. The molecule has 1 unspecified atom stereocenters. The molecule has 0 spiro atoms. The van der Waals surface area contributed by atoms with Gasteiger partial charge in [0.15, 0.2) is 5.60 Å². The molecule has 8 nitrogen and oxygen atoms in total. The molecule has 150 valence electrons. The number of sulfone groups is 1. The molecule has 0 saturated carbocycles. The lowest BCUT2D eigenvalue weighted by Crippen LogP contribution is -2.36. The molecule has 1 fully saturated rings. The number of amides is 1. The lowest BCUT2D eigenvalue weighted by molar-refractivity contribution is -0.143. The first-order valence-corrected chi connectivity index (χ1v) is 11.5. The van der Waals surface area contributed by atoms with Crippen molar-refractivity contribution < 1.29 is 18.3 Å². The number of rotatable bonds is 4. The topological polar surface area (TPSA) is 113 Å². The molecule has 3 aromatic rings. The highest BCUT2D eigenvalue weighted by Crippen LogP contribution is 2.35. The monoisotopic (exact) mass is 430 g/mol. The van der Waals surface area contributed by atoms with E-state index in [1.54, 1.807) is 31.3 Å². The predicted molar refractivity (Wildman–Crippen MR) is 108 cm³/mol. The summed E-state index contributed by atoms with van der Waals surface area (Å²) in [5.74, 6) is -0.317. The number of carbonyl (C=O) groups excluding carboxylic acids is 1. The molecule has 1 amide bonds. The summed E-state index contributed by atoms with van der Waals surface area (Å²) in [5.41, 5.74) is 0.812. The molecule has 1 atom stereocenters. The van der Waals surface area contributed by atoms with E-state index in [-0.39, 0.29) is 11.1 Å². The third-order valence-electron chi connectivity index (χ3n) is 4.83. The van der Waals surface area contributed by atoms with E-state index in [1.807, 2.05) is 11.4 Å². The fraction of sp³-hybridized carbons (Fsp3) is 0.263. The molecular weight excluding hydrogens is 412 g/mol. The van der Waals surface area contributed by atoms with E-state index in [1.165, 1.54) is 22.4 Å². The molecule has 0 bridgehead atoms. The van der Waals surface area contributed by atoms with Gasteiger partial charge in [-0.2, -0.15) is 0 Å². The molecule has 1 aliphatic rings. The van der Waals surface area contributed by atoms with Crippen LogP contribution >= 0.6 is 11.3 Å². The van der Waals surface area contributed by atoms with E-state index in [0.717, 1.165) is 11.8 Å². The molecule has 1 aliphatic heterocycles. The SMILES string of the molecule is CN1CCC(O)(c2cccc(-c3csc(-c4ccnc(S(C)(=O)=O)n4)n3)c2)C1=O. The van der Waals surface area contributed by atoms with Gasteiger partial charge >= 0.3 is 0 Å². The molecular formula is C19H18N4O4S2. The number of benzene rings is 1. The van der Waals surface area contributed by atoms with Crippen LogP contribution in [0.4, 0.5) is 0 Å². The summed E-state index contributed by atoms with van der Waals surface area (Å²) in [6.45, 7) is 0.497. The van der Waals surface area contributed by atoms with E-state index in [9.17, 15) is 18.3 Å². The Bertz CT molecular complexity index is 1210. The highest BCUT2D eigenvalue weighted by molar-refractivity contribution is 7.90. The molecule has 10 heteroatoms. The standard InChI is InChI=1S/C19H18N4O4S2/c1-23-9-7-19(25,17(23)24)13-5-3-4-12(10-13)15-11-28-16(21-15)14-6-8-20-18(22-14)29(2,26)27/h3-6,8,10-11,25H,7,9H2,1-2H3. The largest absolute Gasteiger partial charge is 0.375 e. The molecule has 0 radical (unpaired) electrons. The van der Waals surface area contributed by atoms with Crippen molar-refractivity contribution >= 4 is 27.1 Å². The summed E-state index contributed by atoms with van der Waals surface area (Å²) in [6.07, 6.45) is 2.78. The Balaban J connectivity index is 1.69. The molecule has 29 heavy (non-hydrogen) atoms. The molecule has 2 aromatic heterocycles. The summed E-state index contributed by atoms with van der Waals surface area (Å²) >= 11 is 1.32. The second kappa shape index (κ2) is 6.97. The van der Waals surface area contributed by atoms with Gasteiger partial charge in [0, 0.05) is 43.4 Å². The summed E-state index contributed by atoms with van der Waals surface area (Å²) in [7, 11) is -1.85. The van der Waals surface area contributed by atoms with E-state index in [4.69, 9.17) is 0 Å². The molecule has 1 aromatic carbocycles. The van der Waals surface area contributed by atoms with E-state index < -0.39 is 15.4 Å². The summed E-state index contributed by atoms with van der Waals surface area (Å²) in [4.78, 5) is 26.3. The van der Waals surface area contributed by atoms with Gasteiger partial charge in [-0.3, -0.25) is 4.79 Å². The van der Waals surface area contributed by atoms with Crippen molar-refractivity contribution in [2.24, 2.45) is 0 Å². The summed E-state index contributed by atoms with van der Waals surface area (Å²) < 4.78 is 23.4. The van der Waals surface area contributed by atoms with Crippen LogP contribution in [-0.2, 0) is 20.2 Å². The van der Waals surface area contributed by atoms with Gasteiger partial charge in [-0.15, -0.1) is 11.3 Å². The van der Waals surface area contributed by atoms with Crippen LogP contribution in [0.1, 0.15) is 12.0 Å². The van der Waals surface area contributed by atoms with Crippen LogP contribution in [0, 0.1) is 0 Å². The Kier molecular flexibility index (Phi) is 4.72. The number of hydrogen-bond donors (Lipinski definition) is 1. The highest BCUT2D eigenvalue weighted by atomic mass is 32.2.